The summed E-state index contributed by atoms with van der Waals surface area (Å²) < 4.78 is 21.2. The van der Waals surface area contributed by atoms with Crippen molar-refractivity contribution in [2.24, 2.45) is 58.2 Å². The molecule has 4 aliphatic carbocycles. The third-order valence-electron chi connectivity index (χ3n) is 15.8. The van der Waals surface area contributed by atoms with E-state index < -0.39 is 11.9 Å². The Kier molecular flexibility index (Phi) is 14.1. The van der Waals surface area contributed by atoms with Crippen molar-refractivity contribution >= 4 is 40.7 Å². The van der Waals surface area contributed by atoms with Crippen molar-refractivity contribution < 1.29 is 28.5 Å². The summed E-state index contributed by atoms with van der Waals surface area (Å²) in [6.45, 7) is 12.7. The summed E-state index contributed by atoms with van der Waals surface area (Å²) in [6, 6.07) is 7.04. The lowest BCUT2D eigenvalue weighted by Gasteiger charge is -2.61. The standard InChI is InChI=1S/C49H68Cl2O6/c1-29(2)12-10-13-30(3)39-18-19-40-36-17-16-34-24-31(20-22-48(34,4)41(36)21-23-49(39,40)5)14-11-15-35(32-25-37(46(52)56-8)44(54-6)42(50)27-32)33-26-38(47(53)57-9)45(55-7)43(51)28-33/h15,25-31,34,36,39-41H,10-14,16-24H2,1-9H3/t30-,31+,34?,36+,39-,40?,41?,48+,49-/m1/s1. The molecule has 0 spiro atoms. The summed E-state index contributed by atoms with van der Waals surface area (Å²) in [5, 5.41) is 0.562. The molecule has 0 heterocycles. The number of hydrogen-bond donors (Lipinski definition) is 0. The molecular formula is C49H68Cl2O6. The van der Waals surface area contributed by atoms with Crippen LogP contribution in [0.3, 0.4) is 0 Å². The smallest absolute Gasteiger partial charge is 0.341 e. The number of ether oxygens (including phenoxy) is 4. The number of methoxy groups -OCH3 is 4. The van der Waals surface area contributed by atoms with Crippen molar-refractivity contribution in [1.82, 2.24) is 0 Å². The summed E-state index contributed by atoms with van der Waals surface area (Å²) in [6.07, 6.45) is 20.7. The molecule has 9 atom stereocenters. The number of rotatable bonds is 14. The maximum atomic E-state index is 12.9. The van der Waals surface area contributed by atoms with E-state index in [1.807, 2.05) is 0 Å². The van der Waals surface area contributed by atoms with Gasteiger partial charge in [0.25, 0.3) is 0 Å². The molecule has 3 unspecified atom stereocenters. The molecule has 8 heteroatoms. The Labute approximate surface area is 353 Å². The normalized spacial score (nSPS) is 29.8. The number of carbonyl (C=O) groups excluding carboxylic acids is 2. The fourth-order valence-corrected chi connectivity index (χ4v) is 13.5. The average molecular weight is 824 g/mol. The van der Waals surface area contributed by atoms with Crippen LogP contribution in [-0.4, -0.2) is 40.4 Å². The Morgan fingerprint density at radius 2 is 1.33 bits per heavy atom. The minimum atomic E-state index is -0.556. The molecule has 4 fully saturated rings. The van der Waals surface area contributed by atoms with Crippen molar-refractivity contribution in [1.29, 1.82) is 0 Å². The molecule has 4 saturated carbocycles. The van der Waals surface area contributed by atoms with Crippen molar-refractivity contribution in [3.8, 4) is 11.5 Å². The Balaban J connectivity index is 1.20. The van der Waals surface area contributed by atoms with Crippen molar-refractivity contribution in [2.45, 2.75) is 125 Å². The third kappa shape index (κ3) is 8.66. The summed E-state index contributed by atoms with van der Waals surface area (Å²) >= 11 is 13.5. The van der Waals surface area contributed by atoms with Crippen LogP contribution in [-0.2, 0) is 9.47 Å². The number of carbonyl (C=O) groups is 2. The second-order valence-electron chi connectivity index (χ2n) is 19.1. The Hall–Kier alpha value is -2.70. The average Bonchev–Trinajstić information content (AvgIpc) is 3.55. The summed E-state index contributed by atoms with van der Waals surface area (Å²) in [5.74, 6) is 6.03. The summed E-state index contributed by atoms with van der Waals surface area (Å²) in [4.78, 5) is 25.8. The highest BCUT2D eigenvalue weighted by atomic mass is 35.5. The van der Waals surface area contributed by atoms with E-state index in [9.17, 15) is 9.59 Å². The molecule has 314 valence electrons. The molecule has 2 aromatic carbocycles. The van der Waals surface area contributed by atoms with Gasteiger partial charge in [0.2, 0.25) is 0 Å². The van der Waals surface area contributed by atoms with Crippen LogP contribution in [0, 0.1) is 58.2 Å². The van der Waals surface area contributed by atoms with Gasteiger partial charge in [0.1, 0.15) is 11.1 Å². The van der Waals surface area contributed by atoms with Crippen LogP contribution in [0.15, 0.2) is 30.3 Å². The molecule has 0 aromatic heterocycles. The third-order valence-corrected chi connectivity index (χ3v) is 16.4. The molecule has 0 saturated heterocycles. The van der Waals surface area contributed by atoms with Gasteiger partial charge in [-0.3, -0.25) is 0 Å². The van der Waals surface area contributed by atoms with E-state index in [1.165, 1.54) is 105 Å². The minimum absolute atomic E-state index is 0.218. The van der Waals surface area contributed by atoms with Crippen LogP contribution in [0.2, 0.25) is 10.0 Å². The van der Waals surface area contributed by atoms with E-state index in [-0.39, 0.29) is 32.7 Å². The van der Waals surface area contributed by atoms with Gasteiger partial charge >= 0.3 is 11.9 Å². The first-order valence-corrected chi connectivity index (χ1v) is 22.6. The number of halogens is 2. The van der Waals surface area contributed by atoms with Gasteiger partial charge in [-0.25, -0.2) is 9.59 Å². The largest absolute Gasteiger partial charge is 0.494 e. The van der Waals surface area contributed by atoms with Gasteiger partial charge in [0, 0.05) is 0 Å². The topological polar surface area (TPSA) is 71.1 Å². The highest BCUT2D eigenvalue weighted by Gasteiger charge is 2.60. The Morgan fingerprint density at radius 1 is 0.754 bits per heavy atom. The first kappa shape index (κ1) is 43.9. The van der Waals surface area contributed by atoms with Gasteiger partial charge in [-0.05, 0) is 170 Å². The van der Waals surface area contributed by atoms with Crippen LogP contribution in [0.25, 0.3) is 5.57 Å². The van der Waals surface area contributed by atoms with E-state index in [0.717, 1.165) is 59.8 Å². The lowest BCUT2D eigenvalue weighted by Crippen LogP contribution is -2.53. The van der Waals surface area contributed by atoms with Crippen LogP contribution < -0.4 is 9.47 Å². The second kappa shape index (κ2) is 18.3. The zero-order valence-electron chi connectivity index (χ0n) is 36.1. The predicted molar refractivity (Wildman–Crippen MR) is 232 cm³/mol. The van der Waals surface area contributed by atoms with Gasteiger partial charge in [0.05, 0.1) is 38.5 Å². The molecule has 4 aliphatic rings. The lowest BCUT2D eigenvalue weighted by molar-refractivity contribution is -0.121. The molecule has 57 heavy (non-hydrogen) atoms. The first-order chi connectivity index (χ1) is 27.2. The molecule has 0 bridgehead atoms. The quantitative estimate of drug-likeness (QED) is 0.177. The molecule has 0 radical (unpaired) electrons. The van der Waals surface area contributed by atoms with Crippen LogP contribution in [0.1, 0.15) is 156 Å². The zero-order chi connectivity index (χ0) is 41.2. The highest BCUT2D eigenvalue weighted by Crippen LogP contribution is 2.69. The van der Waals surface area contributed by atoms with Crippen molar-refractivity contribution in [3.63, 3.8) is 0 Å². The van der Waals surface area contributed by atoms with E-state index in [4.69, 9.17) is 42.1 Å². The lowest BCUT2D eigenvalue weighted by atomic mass is 9.44. The highest BCUT2D eigenvalue weighted by molar-refractivity contribution is 6.33. The molecule has 0 aliphatic heterocycles. The fraction of sp³-hybridized carbons (Fsp3) is 0.673. The monoisotopic (exact) mass is 822 g/mol. The molecule has 2 aromatic rings. The maximum Gasteiger partial charge on any atom is 0.341 e. The number of esters is 2. The van der Waals surface area contributed by atoms with Gasteiger partial charge in [-0.1, -0.05) is 83.2 Å². The van der Waals surface area contributed by atoms with Crippen LogP contribution >= 0.6 is 23.2 Å². The van der Waals surface area contributed by atoms with E-state index in [2.05, 4.69) is 40.7 Å². The molecule has 6 nitrogen and oxygen atoms in total. The second-order valence-corrected chi connectivity index (χ2v) is 19.9. The van der Waals surface area contributed by atoms with Gasteiger partial charge < -0.3 is 18.9 Å². The Morgan fingerprint density at radius 3 is 1.89 bits per heavy atom. The van der Waals surface area contributed by atoms with Crippen molar-refractivity contribution in [2.75, 3.05) is 28.4 Å². The van der Waals surface area contributed by atoms with Crippen LogP contribution in [0.4, 0.5) is 0 Å². The number of fused-ring (bicyclic) bond motifs is 5. The zero-order valence-corrected chi connectivity index (χ0v) is 37.6. The molecular weight excluding hydrogens is 755 g/mol. The minimum Gasteiger partial charge on any atom is -0.494 e. The molecule has 0 amide bonds. The van der Waals surface area contributed by atoms with Crippen molar-refractivity contribution in [3.05, 3.63) is 62.6 Å². The molecule has 6 rings (SSSR count). The van der Waals surface area contributed by atoms with E-state index >= 15 is 0 Å². The van der Waals surface area contributed by atoms with Gasteiger partial charge in [-0.2, -0.15) is 0 Å². The summed E-state index contributed by atoms with van der Waals surface area (Å²) in [5.41, 5.74) is 3.59. The summed E-state index contributed by atoms with van der Waals surface area (Å²) in [7, 11) is 5.62. The van der Waals surface area contributed by atoms with Gasteiger partial charge in [0.15, 0.2) is 11.5 Å². The fourth-order valence-electron chi connectivity index (χ4n) is 12.9. The SMILES string of the molecule is COC(=O)c1cc(C(=CCC[C@H]2CC[C@@]3(C)C(CC[C@@H]4C3CC[C@@]3(C)C4CC[C@@H]3[C@H](C)CCCC(C)C)C2)c2cc(Cl)c(OC)c(C(=O)OC)c2)cc(Cl)c1OC. The van der Waals surface area contributed by atoms with E-state index in [0.29, 0.717) is 27.9 Å². The predicted octanol–water partition coefficient (Wildman–Crippen LogP) is 13.5. The number of benzene rings is 2. The first-order valence-electron chi connectivity index (χ1n) is 21.8. The number of hydrogen-bond acceptors (Lipinski definition) is 6. The number of allylic oxidation sites excluding steroid dienone is 1. The van der Waals surface area contributed by atoms with Crippen LogP contribution in [0.5, 0.6) is 11.5 Å². The maximum absolute atomic E-state index is 12.9. The Bertz CT molecular complexity index is 1730. The van der Waals surface area contributed by atoms with Gasteiger partial charge in [-0.15, -0.1) is 0 Å². The molecule has 0 N–H and O–H groups in total. The van der Waals surface area contributed by atoms with E-state index in [1.54, 1.807) is 24.3 Å².